The van der Waals surface area contributed by atoms with Crippen molar-refractivity contribution in [2.24, 2.45) is 5.10 Å². The second-order valence-electron chi connectivity index (χ2n) is 7.40. The number of hydrogen-bond acceptors (Lipinski definition) is 7. The first-order chi connectivity index (χ1) is 17.3. The molecule has 36 heavy (non-hydrogen) atoms. The summed E-state index contributed by atoms with van der Waals surface area (Å²) in [6, 6.07) is 18.8. The molecule has 184 valence electrons. The van der Waals surface area contributed by atoms with E-state index in [1.807, 2.05) is 0 Å². The molecular formula is C25H21BrN4O6. The van der Waals surface area contributed by atoms with Crippen LogP contribution in [-0.4, -0.2) is 35.5 Å². The highest BCUT2D eigenvalue weighted by atomic mass is 79.9. The summed E-state index contributed by atoms with van der Waals surface area (Å²) in [5, 5.41) is 17.2. The molecular weight excluding hydrogens is 532 g/mol. The Kier molecular flexibility index (Phi) is 9.40. The maximum Gasteiger partial charge on any atom is 0.344 e. The van der Waals surface area contributed by atoms with Crippen molar-refractivity contribution in [1.82, 2.24) is 10.7 Å². The molecule has 3 aromatic carbocycles. The number of rotatable bonds is 10. The van der Waals surface area contributed by atoms with Gasteiger partial charge in [-0.05, 0) is 64.3 Å². The van der Waals surface area contributed by atoms with Gasteiger partial charge in [0.2, 0.25) is 5.91 Å². The average Bonchev–Trinajstić information content (AvgIpc) is 2.87. The molecule has 0 aliphatic heterocycles. The number of amides is 2. The van der Waals surface area contributed by atoms with E-state index in [2.05, 4.69) is 31.8 Å². The third-order valence-electron chi connectivity index (χ3n) is 4.77. The molecule has 0 spiro atoms. The summed E-state index contributed by atoms with van der Waals surface area (Å²) >= 11 is 3.32. The minimum absolute atomic E-state index is 0.100. The van der Waals surface area contributed by atoms with Gasteiger partial charge in [0.25, 0.3) is 11.6 Å². The van der Waals surface area contributed by atoms with Gasteiger partial charge in [0.05, 0.1) is 16.7 Å². The van der Waals surface area contributed by atoms with Crippen LogP contribution in [0, 0.1) is 10.1 Å². The molecule has 0 aliphatic rings. The number of nitro groups is 1. The zero-order valence-corrected chi connectivity index (χ0v) is 20.4. The van der Waals surface area contributed by atoms with Crippen LogP contribution in [-0.2, 0) is 4.79 Å². The topological polar surface area (TPSA) is 140 Å². The Labute approximate surface area is 214 Å². The molecule has 11 heteroatoms. The summed E-state index contributed by atoms with van der Waals surface area (Å²) in [6.45, 7) is 0.248. The molecule has 3 rings (SSSR count). The Hall–Kier alpha value is -4.38. The molecule has 2 N–H and O–H groups in total. The van der Waals surface area contributed by atoms with Gasteiger partial charge in [0.15, 0.2) is 0 Å². The number of hydrogen-bond donors (Lipinski definition) is 2. The first-order valence-corrected chi connectivity index (χ1v) is 11.5. The number of nitro benzene ring substituents is 1. The van der Waals surface area contributed by atoms with Crippen molar-refractivity contribution in [3.8, 4) is 5.75 Å². The maximum absolute atomic E-state index is 12.3. The van der Waals surface area contributed by atoms with Gasteiger partial charge in [-0.15, -0.1) is 0 Å². The first kappa shape index (κ1) is 26.2. The molecule has 0 bridgehead atoms. The average molecular weight is 553 g/mol. The summed E-state index contributed by atoms with van der Waals surface area (Å²) < 4.78 is 6.03. The number of benzene rings is 3. The summed E-state index contributed by atoms with van der Waals surface area (Å²) in [6.07, 6.45) is 1.92. The fourth-order valence-corrected chi connectivity index (χ4v) is 3.42. The zero-order chi connectivity index (χ0) is 25.9. The molecule has 0 radical (unpaired) electrons. The van der Waals surface area contributed by atoms with Gasteiger partial charge in [-0.25, -0.2) is 10.2 Å². The second-order valence-corrected chi connectivity index (χ2v) is 8.25. The molecule has 10 nitrogen and oxygen atoms in total. The van der Waals surface area contributed by atoms with E-state index in [1.165, 1.54) is 30.5 Å². The van der Waals surface area contributed by atoms with E-state index in [9.17, 15) is 24.5 Å². The highest BCUT2D eigenvalue weighted by molar-refractivity contribution is 9.10. The van der Waals surface area contributed by atoms with Gasteiger partial charge in [-0.1, -0.05) is 24.3 Å². The van der Waals surface area contributed by atoms with Crippen molar-refractivity contribution >= 4 is 45.6 Å². The fraction of sp³-hybridized carbons (Fsp3) is 0.120. The molecule has 0 unspecified atom stereocenters. The lowest BCUT2D eigenvalue weighted by molar-refractivity contribution is -0.384. The lowest BCUT2D eigenvalue weighted by Gasteiger charge is -2.06. The van der Waals surface area contributed by atoms with Gasteiger partial charge in [0, 0.05) is 35.1 Å². The van der Waals surface area contributed by atoms with Crippen LogP contribution in [0.3, 0.4) is 0 Å². The number of non-ortho nitro benzene ring substituents is 1. The predicted molar refractivity (Wildman–Crippen MR) is 136 cm³/mol. The van der Waals surface area contributed by atoms with Crippen LogP contribution >= 0.6 is 15.9 Å². The van der Waals surface area contributed by atoms with E-state index in [4.69, 9.17) is 4.74 Å². The molecule has 0 aliphatic carbocycles. The number of carbonyl (C=O) groups excluding carboxylic acids is 3. The van der Waals surface area contributed by atoms with Crippen molar-refractivity contribution in [2.45, 2.75) is 12.8 Å². The molecule has 0 saturated heterocycles. The molecule has 0 aromatic heterocycles. The SMILES string of the molecule is O=C(CCCNC(=O)c1ccc([N+](=O)[O-])cc1)NN=Cc1cccc(OC(=O)c2ccccc2Br)c1. The Balaban J connectivity index is 1.40. The lowest BCUT2D eigenvalue weighted by Crippen LogP contribution is -2.26. The number of nitrogens with one attached hydrogen (secondary N) is 2. The Bertz CT molecular complexity index is 1290. The monoisotopic (exact) mass is 552 g/mol. The van der Waals surface area contributed by atoms with Gasteiger partial charge in [-0.2, -0.15) is 5.10 Å². The number of esters is 1. The van der Waals surface area contributed by atoms with Crippen LogP contribution in [0.5, 0.6) is 5.75 Å². The summed E-state index contributed by atoms with van der Waals surface area (Å²) in [5.41, 5.74) is 3.60. The van der Waals surface area contributed by atoms with Crippen LogP contribution in [0.15, 0.2) is 82.4 Å². The van der Waals surface area contributed by atoms with Crippen LogP contribution in [0.2, 0.25) is 0 Å². The highest BCUT2D eigenvalue weighted by Crippen LogP contribution is 2.19. The predicted octanol–water partition coefficient (Wildman–Crippen LogP) is 4.24. The van der Waals surface area contributed by atoms with Gasteiger partial charge >= 0.3 is 5.97 Å². The molecule has 0 heterocycles. The van der Waals surface area contributed by atoms with Crippen LogP contribution in [0.1, 0.15) is 39.1 Å². The minimum Gasteiger partial charge on any atom is -0.423 e. The Morgan fingerprint density at radius 1 is 1.03 bits per heavy atom. The Morgan fingerprint density at radius 3 is 2.50 bits per heavy atom. The number of carbonyl (C=O) groups is 3. The highest BCUT2D eigenvalue weighted by Gasteiger charge is 2.12. The van der Waals surface area contributed by atoms with Crippen molar-refractivity contribution in [3.63, 3.8) is 0 Å². The number of halogens is 1. The number of ether oxygens (including phenoxy) is 1. The Morgan fingerprint density at radius 2 is 1.78 bits per heavy atom. The largest absolute Gasteiger partial charge is 0.423 e. The smallest absolute Gasteiger partial charge is 0.344 e. The van der Waals surface area contributed by atoms with Gasteiger partial charge < -0.3 is 10.1 Å². The summed E-state index contributed by atoms with van der Waals surface area (Å²) in [4.78, 5) is 46.5. The van der Waals surface area contributed by atoms with E-state index in [-0.39, 0.29) is 30.5 Å². The quantitative estimate of drug-likeness (QED) is 0.0962. The van der Waals surface area contributed by atoms with Crippen molar-refractivity contribution in [3.05, 3.63) is 104 Å². The van der Waals surface area contributed by atoms with E-state index < -0.39 is 10.9 Å². The van der Waals surface area contributed by atoms with Crippen molar-refractivity contribution < 1.29 is 24.0 Å². The fourth-order valence-electron chi connectivity index (χ4n) is 2.97. The summed E-state index contributed by atoms with van der Waals surface area (Å²) in [5.74, 6) is -0.906. The van der Waals surface area contributed by atoms with Crippen LogP contribution in [0.4, 0.5) is 5.69 Å². The zero-order valence-electron chi connectivity index (χ0n) is 18.8. The first-order valence-electron chi connectivity index (χ1n) is 10.7. The maximum atomic E-state index is 12.3. The van der Waals surface area contributed by atoms with Crippen molar-refractivity contribution in [1.29, 1.82) is 0 Å². The summed E-state index contributed by atoms with van der Waals surface area (Å²) in [7, 11) is 0. The number of hydrazone groups is 1. The van der Waals surface area contributed by atoms with E-state index in [0.29, 0.717) is 33.3 Å². The third kappa shape index (κ3) is 7.84. The van der Waals surface area contributed by atoms with Crippen LogP contribution in [0.25, 0.3) is 0 Å². The molecule has 0 atom stereocenters. The molecule has 2 amide bonds. The standard InChI is InChI=1S/C25H21BrN4O6/c26-22-8-2-1-7-21(22)25(33)36-20-6-3-5-17(15-20)16-28-29-23(31)9-4-14-27-24(32)18-10-12-19(13-11-18)30(34)35/h1-3,5-8,10-13,15-16H,4,9,14H2,(H,27,32)(H,29,31). The minimum atomic E-state index is -0.542. The third-order valence-corrected chi connectivity index (χ3v) is 5.46. The lowest BCUT2D eigenvalue weighted by atomic mass is 10.2. The normalized spacial score (nSPS) is 10.6. The van der Waals surface area contributed by atoms with E-state index in [0.717, 1.165) is 0 Å². The van der Waals surface area contributed by atoms with E-state index >= 15 is 0 Å². The van der Waals surface area contributed by atoms with Crippen molar-refractivity contribution in [2.75, 3.05) is 6.54 Å². The van der Waals surface area contributed by atoms with Gasteiger partial charge in [-0.3, -0.25) is 19.7 Å². The van der Waals surface area contributed by atoms with E-state index in [1.54, 1.807) is 48.5 Å². The second kappa shape index (κ2) is 12.9. The number of nitrogens with zero attached hydrogens (tertiary/aromatic N) is 2. The molecule has 0 saturated carbocycles. The van der Waals surface area contributed by atoms with Gasteiger partial charge in [0.1, 0.15) is 5.75 Å². The van der Waals surface area contributed by atoms with Crippen LogP contribution < -0.4 is 15.5 Å². The molecule has 3 aromatic rings. The molecule has 0 fully saturated rings.